The average Bonchev–Trinajstić information content (AvgIpc) is 2.47. The van der Waals surface area contributed by atoms with Gasteiger partial charge in [-0.15, -0.1) is 0 Å². The molecule has 1 N–H and O–H groups in total. The number of rotatable bonds is 5. The van der Waals surface area contributed by atoms with Crippen LogP contribution in [0.25, 0.3) is 0 Å². The largest absolute Gasteiger partial charge is 0.457 e. The van der Waals surface area contributed by atoms with E-state index in [2.05, 4.69) is 39.0 Å². The number of hydrogen-bond acceptors (Lipinski definition) is 2. The van der Waals surface area contributed by atoms with Crippen LogP contribution in [0, 0.1) is 6.92 Å². The van der Waals surface area contributed by atoms with Crippen molar-refractivity contribution in [3.05, 3.63) is 59.2 Å². The zero-order valence-corrected chi connectivity index (χ0v) is 13.3. The molecule has 1 unspecified atom stereocenters. The summed E-state index contributed by atoms with van der Waals surface area (Å²) in [6, 6.07) is 14.0. The third-order valence-corrected chi connectivity index (χ3v) is 3.67. The van der Waals surface area contributed by atoms with E-state index in [1.54, 1.807) is 0 Å². The summed E-state index contributed by atoms with van der Waals surface area (Å²) < 4.78 is 6.04. The van der Waals surface area contributed by atoms with Gasteiger partial charge in [-0.3, -0.25) is 0 Å². The fourth-order valence-electron chi connectivity index (χ4n) is 2.33. The Labute approximate surface area is 127 Å². The van der Waals surface area contributed by atoms with Gasteiger partial charge in [0.15, 0.2) is 0 Å². The molecule has 0 aliphatic rings. The summed E-state index contributed by atoms with van der Waals surface area (Å²) in [4.78, 5) is 0. The van der Waals surface area contributed by atoms with Crippen molar-refractivity contribution in [1.82, 2.24) is 0 Å². The predicted octanol–water partition coefficient (Wildman–Crippen LogP) is 5.35. The number of aryl methyl sites for hydroxylation is 1. The maximum Gasteiger partial charge on any atom is 0.131 e. The molecule has 0 bridgehead atoms. The number of aliphatic hydroxyl groups is 1. The highest BCUT2D eigenvalue weighted by atomic mass is 16.5. The summed E-state index contributed by atoms with van der Waals surface area (Å²) >= 11 is 0. The van der Waals surface area contributed by atoms with Gasteiger partial charge in [-0.05, 0) is 54.2 Å². The Morgan fingerprint density at radius 3 is 2.29 bits per heavy atom. The van der Waals surface area contributed by atoms with E-state index in [1.165, 1.54) is 11.1 Å². The molecule has 0 spiro atoms. The SMILES string of the molecule is CCC(O)c1ccc(Oc2cc(C)ccc2C(C)C)cc1. The van der Waals surface area contributed by atoms with E-state index in [-0.39, 0.29) is 0 Å². The minimum atomic E-state index is -0.399. The van der Waals surface area contributed by atoms with Crippen LogP contribution in [-0.4, -0.2) is 5.11 Å². The first-order valence-corrected chi connectivity index (χ1v) is 7.57. The Morgan fingerprint density at radius 1 is 1.05 bits per heavy atom. The summed E-state index contributed by atoms with van der Waals surface area (Å²) in [5.41, 5.74) is 3.32. The summed E-state index contributed by atoms with van der Waals surface area (Å²) in [6.07, 6.45) is 0.319. The van der Waals surface area contributed by atoms with Gasteiger partial charge in [-0.1, -0.05) is 45.0 Å². The van der Waals surface area contributed by atoms with Crippen LogP contribution in [0.3, 0.4) is 0 Å². The molecular formula is C19H24O2. The summed E-state index contributed by atoms with van der Waals surface area (Å²) in [5, 5.41) is 9.82. The maximum absolute atomic E-state index is 9.82. The van der Waals surface area contributed by atoms with Crippen molar-refractivity contribution in [2.24, 2.45) is 0 Å². The van der Waals surface area contributed by atoms with Crippen molar-refractivity contribution in [3.63, 3.8) is 0 Å². The molecule has 21 heavy (non-hydrogen) atoms. The van der Waals surface area contributed by atoms with Crippen molar-refractivity contribution in [2.45, 2.75) is 46.1 Å². The molecule has 2 heteroatoms. The Bertz CT molecular complexity index is 585. The molecule has 0 amide bonds. The lowest BCUT2D eigenvalue weighted by Gasteiger charge is -2.15. The van der Waals surface area contributed by atoms with Crippen LogP contribution in [0.4, 0.5) is 0 Å². The van der Waals surface area contributed by atoms with Gasteiger partial charge in [0.1, 0.15) is 11.5 Å². The van der Waals surface area contributed by atoms with Crippen molar-refractivity contribution in [1.29, 1.82) is 0 Å². The van der Waals surface area contributed by atoms with Gasteiger partial charge < -0.3 is 9.84 Å². The third kappa shape index (κ3) is 3.85. The minimum Gasteiger partial charge on any atom is -0.457 e. The molecule has 2 nitrogen and oxygen atoms in total. The molecule has 0 heterocycles. The molecule has 112 valence electrons. The van der Waals surface area contributed by atoms with Crippen LogP contribution in [0.2, 0.25) is 0 Å². The van der Waals surface area contributed by atoms with Gasteiger partial charge in [0.2, 0.25) is 0 Å². The molecule has 2 aromatic carbocycles. The van der Waals surface area contributed by atoms with Gasteiger partial charge in [0, 0.05) is 0 Å². The summed E-state index contributed by atoms with van der Waals surface area (Å²) in [6.45, 7) is 8.37. The van der Waals surface area contributed by atoms with E-state index in [1.807, 2.05) is 31.2 Å². The lowest BCUT2D eigenvalue weighted by Crippen LogP contribution is -1.96. The molecule has 2 aromatic rings. The van der Waals surface area contributed by atoms with Crippen molar-refractivity contribution < 1.29 is 9.84 Å². The molecule has 1 atom stereocenters. The van der Waals surface area contributed by atoms with Gasteiger partial charge >= 0.3 is 0 Å². The Kier molecular flexibility index (Phi) is 5.03. The smallest absolute Gasteiger partial charge is 0.131 e. The van der Waals surface area contributed by atoms with Crippen molar-refractivity contribution in [2.75, 3.05) is 0 Å². The van der Waals surface area contributed by atoms with E-state index >= 15 is 0 Å². The highest BCUT2D eigenvalue weighted by molar-refractivity contribution is 5.42. The molecule has 0 radical (unpaired) electrons. The van der Waals surface area contributed by atoms with Crippen molar-refractivity contribution >= 4 is 0 Å². The second-order valence-electron chi connectivity index (χ2n) is 5.79. The van der Waals surface area contributed by atoms with E-state index in [0.29, 0.717) is 5.92 Å². The van der Waals surface area contributed by atoms with Crippen LogP contribution in [0.15, 0.2) is 42.5 Å². The van der Waals surface area contributed by atoms with Crippen LogP contribution in [0.1, 0.15) is 55.9 Å². The zero-order chi connectivity index (χ0) is 15.4. The molecule has 0 aliphatic carbocycles. The molecular weight excluding hydrogens is 260 g/mol. The normalized spacial score (nSPS) is 12.5. The fourth-order valence-corrected chi connectivity index (χ4v) is 2.33. The second kappa shape index (κ2) is 6.77. The Morgan fingerprint density at radius 2 is 1.71 bits per heavy atom. The maximum atomic E-state index is 9.82. The summed E-state index contributed by atoms with van der Waals surface area (Å²) in [5.74, 6) is 2.13. The van der Waals surface area contributed by atoms with E-state index in [0.717, 1.165) is 23.5 Å². The van der Waals surface area contributed by atoms with Crippen LogP contribution in [-0.2, 0) is 0 Å². The number of hydrogen-bond donors (Lipinski definition) is 1. The lowest BCUT2D eigenvalue weighted by molar-refractivity contribution is 0.173. The fraction of sp³-hybridized carbons (Fsp3) is 0.368. The molecule has 0 saturated heterocycles. The highest BCUT2D eigenvalue weighted by Crippen LogP contribution is 2.32. The topological polar surface area (TPSA) is 29.5 Å². The quantitative estimate of drug-likeness (QED) is 0.801. The lowest BCUT2D eigenvalue weighted by atomic mass is 10.0. The number of benzene rings is 2. The van der Waals surface area contributed by atoms with E-state index in [9.17, 15) is 5.11 Å². The molecule has 0 aliphatic heterocycles. The number of aliphatic hydroxyl groups excluding tert-OH is 1. The van der Waals surface area contributed by atoms with Gasteiger partial charge in [-0.25, -0.2) is 0 Å². The molecule has 0 saturated carbocycles. The summed E-state index contributed by atoms with van der Waals surface area (Å²) in [7, 11) is 0. The van der Waals surface area contributed by atoms with Crippen LogP contribution < -0.4 is 4.74 Å². The zero-order valence-electron chi connectivity index (χ0n) is 13.3. The standard InChI is InChI=1S/C19H24O2/c1-5-18(20)15-7-9-16(10-8-15)21-19-12-14(4)6-11-17(19)13(2)3/h6-13,18,20H,5H2,1-4H3. The van der Waals surface area contributed by atoms with Gasteiger partial charge in [0.05, 0.1) is 6.10 Å². The van der Waals surface area contributed by atoms with Crippen LogP contribution >= 0.6 is 0 Å². The van der Waals surface area contributed by atoms with Crippen LogP contribution in [0.5, 0.6) is 11.5 Å². The highest BCUT2D eigenvalue weighted by Gasteiger charge is 2.10. The Hall–Kier alpha value is -1.80. The number of ether oxygens (including phenoxy) is 1. The molecule has 0 fully saturated rings. The molecule has 0 aromatic heterocycles. The predicted molar refractivity (Wildman–Crippen MR) is 87.0 cm³/mol. The molecule has 2 rings (SSSR count). The first-order chi connectivity index (χ1) is 10.0. The van der Waals surface area contributed by atoms with E-state index in [4.69, 9.17) is 4.74 Å². The van der Waals surface area contributed by atoms with Crippen molar-refractivity contribution in [3.8, 4) is 11.5 Å². The monoisotopic (exact) mass is 284 g/mol. The first-order valence-electron chi connectivity index (χ1n) is 7.57. The minimum absolute atomic E-state index is 0.399. The van der Waals surface area contributed by atoms with E-state index < -0.39 is 6.10 Å². The third-order valence-electron chi connectivity index (χ3n) is 3.67. The Balaban J connectivity index is 2.24. The van der Waals surface area contributed by atoms with Gasteiger partial charge in [-0.2, -0.15) is 0 Å². The average molecular weight is 284 g/mol. The second-order valence-corrected chi connectivity index (χ2v) is 5.79. The van der Waals surface area contributed by atoms with Gasteiger partial charge in [0.25, 0.3) is 0 Å². The first kappa shape index (κ1) is 15.6.